The van der Waals surface area contributed by atoms with Gasteiger partial charge in [0, 0.05) is 34.8 Å². The molecular weight excluding hydrogens is 354 g/mol. The zero-order valence-electron chi connectivity index (χ0n) is 16.7. The maximum Gasteiger partial charge on any atom is 0.253 e. The molecule has 28 heavy (non-hydrogen) atoms. The van der Waals surface area contributed by atoms with Crippen LogP contribution in [0.1, 0.15) is 52.8 Å². The minimum atomic E-state index is -0.332. The Hall–Kier alpha value is -3.40. The number of carbonyl (C=O) groups excluding carboxylic acids is 1. The third-order valence-corrected chi connectivity index (χ3v) is 4.75. The fraction of sp³-hybridized carbons (Fsp3) is 0.333. The van der Waals surface area contributed by atoms with Gasteiger partial charge in [-0.3, -0.25) is 14.3 Å². The van der Waals surface area contributed by atoms with Crippen LogP contribution < -0.4 is 10.9 Å². The van der Waals surface area contributed by atoms with E-state index in [2.05, 4.69) is 20.2 Å². The first kappa shape index (κ1) is 19.4. The molecule has 0 unspecified atom stereocenters. The highest BCUT2D eigenvalue weighted by molar-refractivity contribution is 6.08. The highest BCUT2D eigenvalue weighted by atomic mass is 16.1. The summed E-state index contributed by atoms with van der Waals surface area (Å²) in [5.41, 5.74) is 4.18. The number of nitrogens with zero attached hydrogens (tertiary/aromatic N) is 3. The molecule has 0 saturated heterocycles. The molecule has 0 spiro atoms. The molecule has 0 saturated carbocycles. The van der Waals surface area contributed by atoms with Gasteiger partial charge in [0.1, 0.15) is 0 Å². The number of nitrogens with one attached hydrogen (secondary N) is 2. The van der Waals surface area contributed by atoms with Crippen LogP contribution in [0, 0.1) is 27.3 Å². The van der Waals surface area contributed by atoms with Crippen LogP contribution >= 0.6 is 0 Å². The summed E-state index contributed by atoms with van der Waals surface area (Å²) in [6, 6.07) is 5.31. The second kappa shape index (κ2) is 7.31. The van der Waals surface area contributed by atoms with E-state index in [4.69, 9.17) is 6.57 Å². The maximum atomic E-state index is 13.0. The van der Waals surface area contributed by atoms with Gasteiger partial charge >= 0.3 is 0 Å². The number of fused-ring (bicyclic) bond motifs is 1. The monoisotopic (exact) mass is 377 g/mol. The molecule has 2 heterocycles. The fourth-order valence-electron chi connectivity index (χ4n) is 3.44. The van der Waals surface area contributed by atoms with Crippen molar-refractivity contribution in [1.82, 2.24) is 20.1 Å². The lowest BCUT2D eigenvalue weighted by molar-refractivity contribution is 0.0952. The molecule has 0 aliphatic carbocycles. The molecule has 144 valence electrons. The topological polar surface area (TPSA) is 84.1 Å². The number of H-pyrrole nitrogens is 1. The molecule has 3 rings (SSSR count). The number of rotatable bonds is 4. The Labute approximate surface area is 163 Å². The minimum absolute atomic E-state index is 0.0989. The zero-order valence-corrected chi connectivity index (χ0v) is 16.7. The van der Waals surface area contributed by atoms with E-state index in [1.54, 1.807) is 12.1 Å². The van der Waals surface area contributed by atoms with Gasteiger partial charge in [0.25, 0.3) is 11.5 Å². The zero-order chi connectivity index (χ0) is 20.6. The Kier molecular flexibility index (Phi) is 5.06. The van der Waals surface area contributed by atoms with E-state index < -0.39 is 0 Å². The first-order valence-electron chi connectivity index (χ1n) is 9.10. The Morgan fingerprint density at radius 1 is 1.29 bits per heavy atom. The van der Waals surface area contributed by atoms with Gasteiger partial charge in [0.2, 0.25) is 0 Å². The summed E-state index contributed by atoms with van der Waals surface area (Å²) in [4.78, 5) is 31.4. The number of aromatic nitrogens is 3. The summed E-state index contributed by atoms with van der Waals surface area (Å²) in [6.45, 7) is 17.0. The van der Waals surface area contributed by atoms with Crippen LogP contribution in [-0.2, 0) is 6.54 Å². The molecule has 0 atom stereocenters. The predicted octanol–water partition coefficient (Wildman–Crippen LogP) is 3.71. The smallest absolute Gasteiger partial charge is 0.253 e. The van der Waals surface area contributed by atoms with Gasteiger partial charge in [0.15, 0.2) is 5.69 Å². The number of carbonyl (C=O) groups is 1. The Bertz CT molecular complexity index is 1180. The van der Waals surface area contributed by atoms with Crippen molar-refractivity contribution in [2.75, 3.05) is 0 Å². The molecule has 7 heteroatoms. The van der Waals surface area contributed by atoms with Gasteiger partial charge < -0.3 is 10.3 Å². The molecule has 1 amide bonds. The van der Waals surface area contributed by atoms with Gasteiger partial charge in [-0.1, -0.05) is 0 Å². The largest absolute Gasteiger partial charge is 0.348 e. The van der Waals surface area contributed by atoms with Crippen molar-refractivity contribution < 1.29 is 4.79 Å². The van der Waals surface area contributed by atoms with Gasteiger partial charge in [-0.25, -0.2) is 4.85 Å². The quantitative estimate of drug-likeness (QED) is 0.680. The summed E-state index contributed by atoms with van der Waals surface area (Å²) in [6.07, 6.45) is 0. The molecule has 1 aromatic carbocycles. The maximum absolute atomic E-state index is 13.0. The number of pyridine rings is 1. The third kappa shape index (κ3) is 3.41. The van der Waals surface area contributed by atoms with Crippen molar-refractivity contribution in [3.8, 4) is 0 Å². The summed E-state index contributed by atoms with van der Waals surface area (Å²) in [5, 5.41) is 8.10. The van der Waals surface area contributed by atoms with Gasteiger partial charge in [-0.2, -0.15) is 5.10 Å². The summed E-state index contributed by atoms with van der Waals surface area (Å²) < 4.78 is 1.82. The molecule has 0 bridgehead atoms. The summed E-state index contributed by atoms with van der Waals surface area (Å²) >= 11 is 0. The van der Waals surface area contributed by atoms with Crippen molar-refractivity contribution in [3.05, 3.63) is 68.0 Å². The van der Waals surface area contributed by atoms with E-state index in [1.165, 1.54) is 0 Å². The highest BCUT2D eigenvalue weighted by Gasteiger charge is 2.19. The van der Waals surface area contributed by atoms with Crippen LogP contribution in [0.15, 0.2) is 23.0 Å². The van der Waals surface area contributed by atoms with Crippen molar-refractivity contribution >= 4 is 22.5 Å². The van der Waals surface area contributed by atoms with E-state index in [1.807, 2.05) is 45.4 Å². The Morgan fingerprint density at radius 3 is 2.61 bits per heavy atom. The number of amides is 1. The SMILES string of the molecule is [C-]#[N+]c1cc(C(=O)NCc2c(C)cc(C)[nH]c2=O)c2c(C)nn(C(C)C)c2c1. The first-order valence-corrected chi connectivity index (χ1v) is 9.10. The van der Waals surface area contributed by atoms with Crippen molar-refractivity contribution in [2.24, 2.45) is 0 Å². The van der Waals surface area contributed by atoms with Gasteiger partial charge in [-0.15, -0.1) is 0 Å². The molecule has 0 aliphatic rings. The average Bonchev–Trinajstić information content (AvgIpc) is 2.96. The normalized spacial score (nSPS) is 11.0. The number of benzene rings is 1. The Balaban J connectivity index is 2.03. The summed E-state index contributed by atoms with van der Waals surface area (Å²) in [5.74, 6) is -0.332. The lowest BCUT2D eigenvalue weighted by atomic mass is 10.1. The first-order chi connectivity index (χ1) is 13.2. The predicted molar refractivity (Wildman–Crippen MR) is 109 cm³/mol. The third-order valence-electron chi connectivity index (χ3n) is 4.75. The Morgan fingerprint density at radius 2 is 2.00 bits per heavy atom. The van der Waals surface area contributed by atoms with Gasteiger partial charge in [0.05, 0.1) is 17.8 Å². The molecule has 2 aromatic heterocycles. The number of aryl methyl sites for hydroxylation is 3. The minimum Gasteiger partial charge on any atom is -0.348 e. The van der Waals surface area contributed by atoms with Crippen LogP contribution in [0.25, 0.3) is 15.7 Å². The molecular formula is C21H23N5O2. The molecule has 0 fully saturated rings. The van der Waals surface area contributed by atoms with Crippen molar-refractivity contribution in [2.45, 2.75) is 47.2 Å². The van der Waals surface area contributed by atoms with E-state index >= 15 is 0 Å². The van der Waals surface area contributed by atoms with Crippen LogP contribution in [0.3, 0.4) is 0 Å². The standard InChI is InChI=1S/C21H23N5O2/c1-11(2)26-18-9-15(22-6)8-16(19(18)14(5)25-26)20(27)23-10-17-12(3)7-13(4)24-21(17)28/h7-9,11H,10H2,1-5H3,(H,23,27)(H,24,28). The van der Waals surface area contributed by atoms with E-state index in [9.17, 15) is 9.59 Å². The van der Waals surface area contributed by atoms with Crippen LogP contribution in [-0.4, -0.2) is 20.7 Å². The van der Waals surface area contributed by atoms with Crippen LogP contribution in [0.2, 0.25) is 0 Å². The molecule has 7 nitrogen and oxygen atoms in total. The number of hydrogen-bond donors (Lipinski definition) is 2. The van der Waals surface area contributed by atoms with Crippen LogP contribution in [0.5, 0.6) is 0 Å². The van der Waals surface area contributed by atoms with E-state index in [0.717, 1.165) is 27.9 Å². The highest BCUT2D eigenvalue weighted by Crippen LogP contribution is 2.30. The second-order valence-corrected chi connectivity index (χ2v) is 7.25. The molecule has 3 aromatic rings. The molecule has 0 aliphatic heterocycles. The lowest BCUT2D eigenvalue weighted by Crippen LogP contribution is -2.28. The van der Waals surface area contributed by atoms with Crippen molar-refractivity contribution in [3.63, 3.8) is 0 Å². The van der Waals surface area contributed by atoms with E-state index in [-0.39, 0.29) is 24.1 Å². The van der Waals surface area contributed by atoms with Crippen LogP contribution in [0.4, 0.5) is 5.69 Å². The molecule has 0 radical (unpaired) electrons. The fourth-order valence-corrected chi connectivity index (χ4v) is 3.44. The van der Waals surface area contributed by atoms with E-state index in [0.29, 0.717) is 16.8 Å². The number of hydrogen-bond acceptors (Lipinski definition) is 3. The van der Waals surface area contributed by atoms with Gasteiger partial charge in [-0.05, 0) is 58.4 Å². The lowest BCUT2D eigenvalue weighted by Gasteiger charge is -2.11. The summed E-state index contributed by atoms with van der Waals surface area (Å²) in [7, 11) is 0. The molecule has 2 N–H and O–H groups in total. The van der Waals surface area contributed by atoms with Crippen molar-refractivity contribution in [1.29, 1.82) is 0 Å². The number of aromatic amines is 1. The second-order valence-electron chi connectivity index (χ2n) is 7.25. The average molecular weight is 377 g/mol.